The smallest absolute Gasteiger partial charge is 0.337 e. The van der Waals surface area contributed by atoms with Gasteiger partial charge in [0.25, 0.3) is 17.0 Å². The lowest BCUT2D eigenvalue weighted by molar-refractivity contribution is 0.0754. The number of aromatic nitrogens is 4. The number of fused-ring (bicyclic) bond motifs is 2. The molecular formula is C36H37N7O9. The first-order valence-corrected chi connectivity index (χ1v) is 17.1. The number of H-pyrrole nitrogens is 2. The van der Waals surface area contributed by atoms with Crippen molar-refractivity contribution in [2.24, 2.45) is 10.3 Å². The number of rotatable bonds is 7. The molecule has 2 N–H and O–H groups in total. The third-order valence-electron chi connectivity index (χ3n) is 8.74. The van der Waals surface area contributed by atoms with Gasteiger partial charge >= 0.3 is 23.3 Å². The maximum Gasteiger partial charge on any atom is 0.337 e. The molecule has 0 unspecified atom stereocenters. The summed E-state index contributed by atoms with van der Waals surface area (Å²) in [6.45, 7) is 6.70. The number of carbonyl (C=O) groups is 1. The van der Waals surface area contributed by atoms with Crippen LogP contribution in [0, 0.1) is 6.92 Å². The summed E-state index contributed by atoms with van der Waals surface area (Å²) in [5.74, 6) is -0.0118. The molecule has 5 heterocycles. The Kier molecular flexibility index (Phi) is 10.8. The van der Waals surface area contributed by atoms with Crippen molar-refractivity contribution in [3.8, 4) is 12.0 Å². The van der Waals surface area contributed by atoms with Gasteiger partial charge in [0, 0.05) is 43.6 Å². The molecule has 1 aliphatic carbocycles. The summed E-state index contributed by atoms with van der Waals surface area (Å²) >= 11 is 0. The summed E-state index contributed by atoms with van der Waals surface area (Å²) in [6, 6.07) is 9.86. The van der Waals surface area contributed by atoms with E-state index in [0.29, 0.717) is 55.5 Å². The lowest BCUT2D eigenvalue weighted by atomic mass is 10.1. The maximum absolute atomic E-state index is 12.6. The molecule has 1 amide bonds. The molecule has 1 saturated heterocycles. The van der Waals surface area contributed by atoms with Gasteiger partial charge in [-0.3, -0.25) is 24.4 Å². The Morgan fingerprint density at radius 2 is 1.21 bits per heavy atom. The Hall–Kier alpha value is -6.19. The number of nitrogens with zero attached hydrogens (tertiary/aromatic N) is 5. The number of piperidine rings is 1. The molecule has 0 atom stereocenters. The summed E-state index contributed by atoms with van der Waals surface area (Å²) < 4.78 is 10.0. The van der Waals surface area contributed by atoms with Crippen molar-refractivity contribution in [3.63, 3.8) is 0 Å². The van der Waals surface area contributed by atoms with Crippen molar-refractivity contribution >= 4 is 39.5 Å². The Balaban J connectivity index is 0.000000192. The Bertz CT molecular complexity index is 2410. The standard InChI is InChI=1S/C22H22N4O5.C14H15N3O4/c1-3-14-12-17(27)30-20-18(14)19(28)23-22(24-20)31-25-16-8-10-26(11-9-16)21(29)15-6-4-13(2)5-7-15;1-2-8-7-10(18)20-13-11(8)12(19)15-14(16-13)21-17-9-5-3-4-6-9/h4-7,12H,3,8-11H2,1-2H3,(H,23,24,28);7H,2-6H2,1H3,(H,15,16,19). The van der Waals surface area contributed by atoms with E-state index in [1.165, 1.54) is 12.1 Å². The number of hydrogen-bond acceptors (Lipinski definition) is 13. The molecule has 16 heteroatoms. The van der Waals surface area contributed by atoms with Crippen LogP contribution in [-0.4, -0.2) is 55.3 Å². The molecule has 0 bridgehead atoms. The highest BCUT2D eigenvalue weighted by Gasteiger charge is 2.22. The first-order chi connectivity index (χ1) is 25.1. The van der Waals surface area contributed by atoms with E-state index in [9.17, 15) is 24.0 Å². The van der Waals surface area contributed by atoms with Crippen LogP contribution in [0.3, 0.4) is 0 Å². The van der Waals surface area contributed by atoms with Gasteiger partial charge in [0.05, 0.1) is 11.4 Å². The molecule has 1 saturated carbocycles. The number of hydrogen-bond donors (Lipinski definition) is 2. The van der Waals surface area contributed by atoms with Crippen molar-refractivity contribution in [1.82, 2.24) is 24.8 Å². The van der Waals surface area contributed by atoms with Crippen LogP contribution in [0.2, 0.25) is 0 Å². The quantitative estimate of drug-likeness (QED) is 0.229. The van der Waals surface area contributed by atoms with Crippen LogP contribution < -0.4 is 32.0 Å². The van der Waals surface area contributed by atoms with E-state index in [1.54, 1.807) is 4.90 Å². The van der Waals surface area contributed by atoms with E-state index in [2.05, 4.69) is 30.2 Å². The molecule has 2 aliphatic rings. The SMILES string of the molecule is CCc1cc(=O)oc2nc(ON=C3CCCC3)[nH]c(=O)c12.CCc1cc(=O)oc2nc(ON=C3CCN(C(=O)c4ccc(C)cc4)CC3)[nH]c(=O)c12. The highest BCUT2D eigenvalue weighted by Crippen LogP contribution is 2.18. The van der Waals surface area contributed by atoms with Crippen LogP contribution in [0.4, 0.5) is 0 Å². The second-order valence-electron chi connectivity index (χ2n) is 12.4. The number of nitrogens with one attached hydrogen (secondary N) is 2. The molecule has 5 aromatic rings. The maximum atomic E-state index is 12.6. The number of aryl methyl sites for hydroxylation is 3. The number of amides is 1. The number of likely N-dealkylation sites (tertiary alicyclic amines) is 1. The van der Waals surface area contributed by atoms with Gasteiger partial charge in [0.15, 0.2) is 0 Å². The van der Waals surface area contributed by atoms with Gasteiger partial charge in [0.1, 0.15) is 10.8 Å². The first-order valence-electron chi connectivity index (χ1n) is 17.1. The lowest BCUT2D eigenvalue weighted by Gasteiger charge is -2.27. The minimum atomic E-state index is -0.578. The molecule has 7 rings (SSSR count). The van der Waals surface area contributed by atoms with Crippen LogP contribution in [0.15, 0.2) is 74.7 Å². The summed E-state index contributed by atoms with van der Waals surface area (Å²) in [7, 11) is 0. The van der Waals surface area contributed by atoms with Gasteiger partial charge in [-0.15, -0.1) is 0 Å². The minimum absolute atomic E-state index is 0.0118. The van der Waals surface area contributed by atoms with Crippen LogP contribution >= 0.6 is 0 Å². The number of carbonyl (C=O) groups excluding carboxylic acids is 1. The molecule has 270 valence electrons. The number of aromatic amines is 2. The van der Waals surface area contributed by atoms with E-state index in [4.69, 9.17) is 18.5 Å². The fraction of sp³-hybridized carbons (Fsp3) is 0.361. The summed E-state index contributed by atoms with van der Waals surface area (Å²) in [4.78, 5) is 85.6. The molecule has 16 nitrogen and oxygen atoms in total. The van der Waals surface area contributed by atoms with E-state index >= 15 is 0 Å². The highest BCUT2D eigenvalue weighted by atomic mass is 16.6. The van der Waals surface area contributed by atoms with Crippen molar-refractivity contribution in [2.75, 3.05) is 13.1 Å². The summed E-state index contributed by atoms with van der Waals surface area (Å²) in [5.41, 5.74) is 2.54. The number of oxime groups is 2. The van der Waals surface area contributed by atoms with Gasteiger partial charge in [-0.25, -0.2) is 9.59 Å². The second-order valence-corrected chi connectivity index (χ2v) is 12.4. The van der Waals surface area contributed by atoms with E-state index in [0.717, 1.165) is 42.7 Å². The molecule has 2 fully saturated rings. The van der Waals surface area contributed by atoms with E-state index < -0.39 is 22.4 Å². The third kappa shape index (κ3) is 8.22. The third-order valence-corrected chi connectivity index (χ3v) is 8.74. The van der Waals surface area contributed by atoms with Gasteiger partial charge in [-0.1, -0.05) is 41.9 Å². The fourth-order valence-electron chi connectivity index (χ4n) is 5.93. The van der Waals surface area contributed by atoms with Crippen LogP contribution in [0.1, 0.15) is 79.4 Å². The summed E-state index contributed by atoms with van der Waals surface area (Å²) in [5, 5.41) is 8.54. The van der Waals surface area contributed by atoms with Gasteiger partial charge in [-0.05, 0) is 68.7 Å². The monoisotopic (exact) mass is 711 g/mol. The van der Waals surface area contributed by atoms with Gasteiger partial charge in [-0.2, -0.15) is 9.97 Å². The normalized spacial score (nSPS) is 14.2. The predicted molar refractivity (Wildman–Crippen MR) is 191 cm³/mol. The lowest BCUT2D eigenvalue weighted by Crippen LogP contribution is -2.38. The predicted octanol–water partition coefficient (Wildman–Crippen LogP) is 4.17. The average molecular weight is 712 g/mol. The zero-order valence-corrected chi connectivity index (χ0v) is 28.9. The Labute approximate surface area is 295 Å². The van der Waals surface area contributed by atoms with Crippen molar-refractivity contribution < 1.29 is 23.3 Å². The Morgan fingerprint density at radius 1 is 0.750 bits per heavy atom. The zero-order chi connectivity index (χ0) is 36.8. The van der Waals surface area contributed by atoms with Gasteiger partial charge < -0.3 is 23.4 Å². The highest BCUT2D eigenvalue weighted by molar-refractivity contribution is 5.96. The molecule has 4 aromatic heterocycles. The molecule has 1 aliphatic heterocycles. The second kappa shape index (κ2) is 15.8. The summed E-state index contributed by atoms with van der Waals surface area (Å²) in [6.07, 6.45) is 6.11. The van der Waals surface area contributed by atoms with Crippen molar-refractivity contribution in [1.29, 1.82) is 0 Å². The number of benzene rings is 1. The molecular weight excluding hydrogens is 674 g/mol. The van der Waals surface area contributed by atoms with E-state index in [-0.39, 0.29) is 40.1 Å². The molecule has 1 aromatic carbocycles. The van der Waals surface area contributed by atoms with Crippen molar-refractivity contribution in [3.05, 3.63) is 100 Å². The topological polar surface area (TPSA) is 215 Å². The zero-order valence-electron chi connectivity index (χ0n) is 28.9. The largest absolute Gasteiger partial charge is 0.403 e. The molecule has 0 spiro atoms. The molecule has 52 heavy (non-hydrogen) atoms. The average Bonchev–Trinajstić information content (AvgIpc) is 3.66. The van der Waals surface area contributed by atoms with Crippen molar-refractivity contribution in [2.45, 2.75) is 72.1 Å². The fourth-order valence-corrected chi connectivity index (χ4v) is 5.93. The molecule has 0 radical (unpaired) electrons. The van der Waals surface area contributed by atoms with Gasteiger partial charge in [0.2, 0.25) is 11.4 Å². The minimum Gasteiger partial charge on any atom is -0.403 e. The Morgan fingerprint density at radius 3 is 1.67 bits per heavy atom. The van der Waals surface area contributed by atoms with E-state index in [1.807, 2.05) is 45.0 Å². The van der Waals surface area contributed by atoms with Crippen LogP contribution in [-0.2, 0) is 12.8 Å². The first kappa shape index (κ1) is 35.6. The van der Waals surface area contributed by atoms with Crippen LogP contribution in [0.25, 0.3) is 22.2 Å². The van der Waals surface area contributed by atoms with Crippen LogP contribution in [0.5, 0.6) is 12.0 Å².